The maximum Gasteiger partial charge on any atom is 0.228 e. The molecule has 2 N–H and O–H groups in total. The first kappa shape index (κ1) is 11.5. The van der Waals surface area contributed by atoms with Gasteiger partial charge >= 0.3 is 0 Å². The van der Waals surface area contributed by atoms with Crippen LogP contribution in [-0.4, -0.2) is 54.5 Å². The summed E-state index contributed by atoms with van der Waals surface area (Å²) in [4.78, 5) is 16.7. The summed E-state index contributed by atoms with van der Waals surface area (Å²) in [7, 11) is 0. The van der Waals surface area contributed by atoms with Gasteiger partial charge in [0, 0.05) is 32.2 Å². The van der Waals surface area contributed by atoms with Crippen LogP contribution in [0.15, 0.2) is 0 Å². The van der Waals surface area contributed by atoms with Gasteiger partial charge in [-0.25, -0.2) is 0 Å². The van der Waals surface area contributed by atoms with E-state index in [2.05, 4.69) is 4.90 Å². The summed E-state index contributed by atoms with van der Waals surface area (Å²) >= 11 is 0. The number of nitrogens with zero attached hydrogens (tertiary/aromatic N) is 2. The van der Waals surface area contributed by atoms with Gasteiger partial charge in [0.15, 0.2) is 0 Å². The number of carbonyl (C=O) groups is 1. The fraction of sp³-hybridized carbons (Fsp3) is 0.923. The van der Waals surface area contributed by atoms with Gasteiger partial charge in [0.25, 0.3) is 0 Å². The molecule has 1 aliphatic carbocycles. The standard InChI is InChI=1S/C13H23N3O/c14-12-4-7-15(8-10-2-3-10)9-11(12)13(17)16-5-1-6-16/h10-12H,1-9,14H2/t11-,12-/m1/s1. The molecule has 0 aromatic rings. The van der Waals surface area contributed by atoms with Crippen LogP contribution < -0.4 is 5.73 Å². The van der Waals surface area contributed by atoms with E-state index in [4.69, 9.17) is 5.73 Å². The third kappa shape index (κ3) is 2.47. The Morgan fingerprint density at radius 3 is 2.53 bits per heavy atom. The zero-order valence-electron chi connectivity index (χ0n) is 10.5. The van der Waals surface area contributed by atoms with Gasteiger partial charge in [0.05, 0.1) is 5.92 Å². The highest BCUT2D eigenvalue weighted by Crippen LogP contribution is 2.31. The molecule has 2 aliphatic heterocycles. The monoisotopic (exact) mass is 237 g/mol. The van der Waals surface area contributed by atoms with E-state index in [0.29, 0.717) is 5.91 Å². The summed E-state index contributed by atoms with van der Waals surface area (Å²) < 4.78 is 0. The van der Waals surface area contributed by atoms with E-state index in [1.54, 1.807) is 0 Å². The molecule has 0 aromatic carbocycles. The van der Waals surface area contributed by atoms with E-state index in [1.807, 2.05) is 4.90 Å². The molecule has 0 bridgehead atoms. The molecule has 1 saturated carbocycles. The molecule has 1 amide bonds. The van der Waals surface area contributed by atoms with Crippen molar-refractivity contribution in [2.45, 2.75) is 31.7 Å². The highest BCUT2D eigenvalue weighted by atomic mass is 16.2. The first-order chi connectivity index (χ1) is 8.24. The fourth-order valence-corrected chi connectivity index (χ4v) is 2.90. The molecular formula is C13H23N3O. The normalized spacial score (nSPS) is 34.5. The van der Waals surface area contributed by atoms with Gasteiger partial charge in [-0.1, -0.05) is 0 Å². The minimum Gasteiger partial charge on any atom is -0.342 e. The third-order valence-corrected chi connectivity index (χ3v) is 4.45. The maximum atomic E-state index is 12.3. The third-order valence-electron chi connectivity index (χ3n) is 4.45. The molecule has 4 nitrogen and oxygen atoms in total. The van der Waals surface area contributed by atoms with Crippen LogP contribution in [0.5, 0.6) is 0 Å². The van der Waals surface area contributed by atoms with Crippen molar-refractivity contribution >= 4 is 5.91 Å². The van der Waals surface area contributed by atoms with Crippen molar-refractivity contribution in [3.05, 3.63) is 0 Å². The minimum atomic E-state index is 0.0581. The molecule has 0 aromatic heterocycles. The predicted molar refractivity (Wildman–Crippen MR) is 66.4 cm³/mol. The van der Waals surface area contributed by atoms with E-state index in [1.165, 1.54) is 25.8 Å². The summed E-state index contributed by atoms with van der Waals surface area (Å²) in [6, 6.07) is 0.0820. The van der Waals surface area contributed by atoms with E-state index in [-0.39, 0.29) is 12.0 Å². The summed E-state index contributed by atoms with van der Waals surface area (Å²) in [6.45, 7) is 5.07. The summed E-state index contributed by atoms with van der Waals surface area (Å²) in [5.74, 6) is 1.27. The van der Waals surface area contributed by atoms with Crippen molar-refractivity contribution in [1.82, 2.24) is 9.80 Å². The zero-order chi connectivity index (χ0) is 11.8. The Kier molecular flexibility index (Phi) is 3.09. The number of amides is 1. The molecule has 0 unspecified atom stereocenters. The summed E-state index contributed by atoms with van der Waals surface area (Å²) in [5, 5.41) is 0. The topological polar surface area (TPSA) is 49.6 Å². The minimum absolute atomic E-state index is 0.0581. The van der Waals surface area contributed by atoms with Crippen molar-refractivity contribution in [1.29, 1.82) is 0 Å². The SMILES string of the molecule is N[C@@H]1CCN(CC2CC2)C[C@H]1C(=O)N1CCC1. The molecule has 2 atom stereocenters. The average Bonchev–Trinajstić information content (AvgIpc) is 3.02. The Labute approximate surface area is 103 Å². The molecule has 0 spiro atoms. The highest BCUT2D eigenvalue weighted by molar-refractivity contribution is 5.80. The Morgan fingerprint density at radius 1 is 1.18 bits per heavy atom. The predicted octanol–water partition coefficient (Wildman–Crippen LogP) is 0.278. The molecule has 96 valence electrons. The number of rotatable bonds is 3. The van der Waals surface area contributed by atoms with Crippen LogP contribution in [0.25, 0.3) is 0 Å². The van der Waals surface area contributed by atoms with E-state index >= 15 is 0 Å². The van der Waals surface area contributed by atoms with Crippen molar-refractivity contribution in [2.75, 3.05) is 32.7 Å². The van der Waals surface area contributed by atoms with Gasteiger partial charge in [-0.15, -0.1) is 0 Å². The van der Waals surface area contributed by atoms with Crippen LogP contribution in [-0.2, 0) is 4.79 Å². The van der Waals surface area contributed by atoms with E-state index in [9.17, 15) is 4.79 Å². The van der Waals surface area contributed by atoms with Gasteiger partial charge in [0.2, 0.25) is 5.91 Å². The second-order valence-corrected chi connectivity index (χ2v) is 5.94. The Hall–Kier alpha value is -0.610. The lowest BCUT2D eigenvalue weighted by Gasteiger charge is -2.41. The average molecular weight is 237 g/mol. The molecular weight excluding hydrogens is 214 g/mol. The largest absolute Gasteiger partial charge is 0.342 e. The van der Waals surface area contributed by atoms with Crippen LogP contribution >= 0.6 is 0 Å². The van der Waals surface area contributed by atoms with Gasteiger partial charge < -0.3 is 15.5 Å². The summed E-state index contributed by atoms with van der Waals surface area (Å²) in [5.41, 5.74) is 6.13. The molecule has 4 heteroatoms. The Balaban J connectivity index is 1.57. The Morgan fingerprint density at radius 2 is 1.94 bits per heavy atom. The lowest BCUT2D eigenvalue weighted by atomic mass is 9.90. The molecule has 3 aliphatic rings. The molecule has 2 heterocycles. The van der Waals surface area contributed by atoms with E-state index in [0.717, 1.165) is 38.5 Å². The van der Waals surface area contributed by atoms with Crippen LogP contribution in [0, 0.1) is 11.8 Å². The first-order valence-electron chi connectivity index (χ1n) is 7.01. The number of likely N-dealkylation sites (tertiary alicyclic amines) is 2. The van der Waals surface area contributed by atoms with E-state index < -0.39 is 0 Å². The molecule has 17 heavy (non-hydrogen) atoms. The number of hydrogen-bond acceptors (Lipinski definition) is 3. The lowest BCUT2D eigenvalue weighted by Crippen LogP contribution is -2.56. The first-order valence-corrected chi connectivity index (χ1v) is 7.01. The highest BCUT2D eigenvalue weighted by Gasteiger charge is 2.37. The van der Waals surface area contributed by atoms with Crippen LogP contribution in [0.4, 0.5) is 0 Å². The number of hydrogen-bond donors (Lipinski definition) is 1. The smallest absolute Gasteiger partial charge is 0.228 e. The molecule has 2 saturated heterocycles. The van der Waals surface area contributed by atoms with Crippen molar-refractivity contribution in [3.63, 3.8) is 0 Å². The second-order valence-electron chi connectivity index (χ2n) is 5.94. The number of carbonyl (C=O) groups excluding carboxylic acids is 1. The molecule has 3 rings (SSSR count). The lowest BCUT2D eigenvalue weighted by molar-refractivity contribution is -0.141. The maximum absolute atomic E-state index is 12.3. The summed E-state index contributed by atoms with van der Waals surface area (Å²) in [6.07, 6.45) is 4.91. The van der Waals surface area contributed by atoms with Crippen LogP contribution in [0.2, 0.25) is 0 Å². The Bertz CT molecular complexity index is 299. The van der Waals surface area contributed by atoms with Gasteiger partial charge in [0.1, 0.15) is 0 Å². The number of nitrogens with two attached hydrogens (primary N) is 1. The van der Waals surface area contributed by atoms with Gasteiger partial charge in [-0.2, -0.15) is 0 Å². The quantitative estimate of drug-likeness (QED) is 0.767. The second kappa shape index (κ2) is 4.58. The molecule has 3 fully saturated rings. The molecule has 0 radical (unpaired) electrons. The van der Waals surface area contributed by atoms with Crippen molar-refractivity contribution in [3.8, 4) is 0 Å². The van der Waals surface area contributed by atoms with Crippen molar-refractivity contribution < 1.29 is 4.79 Å². The number of piperidine rings is 1. The fourth-order valence-electron chi connectivity index (χ4n) is 2.90. The zero-order valence-corrected chi connectivity index (χ0v) is 10.5. The van der Waals surface area contributed by atoms with Crippen molar-refractivity contribution in [2.24, 2.45) is 17.6 Å². The van der Waals surface area contributed by atoms with Crippen LogP contribution in [0.3, 0.4) is 0 Å². The van der Waals surface area contributed by atoms with Gasteiger partial charge in [-0.3, -0.25) is 4.79 Å². The van der Waals surface area contributed by atoms with Crippen LogP contribution in [0.1, 0.15) is 25.7 Å². The van der Waals surface area contributed by atoms with Gasteiger partial charge in [-0.05, 0) is 38.1 Å².